The molecule has 2 amide bonds. The molecule has 7 nitrogen and oxygen atoms in total. The zero-order chi connectivity index (χ0) is 17.1. The lowest BCUT2D eigenvalue weighted by molar-refractivity contribution is -0.147. The summed E-state index contributed by atoms with van der Waals surface area (Å²) in [5, 5.41) is 6.46. The van der Waals surface area contributed by atoms with Crippen LogP contribution in [0.25, 0.3) is 0 Å². The number of rotatable bonds is 5. The number of thioether (sulfide) groups is 1. The molecule has 1 aromatic heterocycles. The number of hydrogen-bond donors (Lipinski definition) is 0. The molecule has 0 atom stereocenters. The van der Waals surface area contributed by atoms with Crippen LogP contribution in [0.1, 0.15) is 5.82 Å². The number of hydrogen-bond acceptors (Lipinski definition) is 5. The lowest BCUT2D eigenvalue weighted by atomic mass is 10.5. The molecule has 0 spiro atoms. The first kappa shape index (κ1) is 18.3. The standard InChI is InChI=1S/C11H16F3N5O2S/c1-17(2)7(20)5-18(3)8(21)6-22-10-16-15-9(19(10)4)11(12,13)14/h5-6H2,1-4H3. The van der Waals surface area contributed by atoms with Crippen molar-refractivity contribution < 1.29 is 22.8 Å². The molecule has 1 heterocycles. The number of likely N-dealkylation sites (N-methyl/N-ethyl adjacent to an activating group) is 2. The fourth-order valence-electron chi connectivity index (χ4n) is 1.36. The zero-order valence-electron chi connectivity index (χ0n) is 12.5. The Morgan fingerprint density at radius 2 is 1.77 bits per heavy atom. The van der Waals surface area contributed by atoms with Crippen molar-refractivity contribution in [3.8, 4) is 0 Å². The van der Waals surface area contributed by atoms with Gasteiger partial charge in [-0.2, -0.15) is 13.2 Å². The van der Waals surface area contributed by atoms with E-state index in [9.17, 15) is 22.8 Å². The molecule has 0 aliphatic rings. The van der Waals surface area contributed by atoms with Gasteiger partial charge in [0.1, 0.15) is 0 Å². The van der Waals surface area contributed by atoms with Crippen LogP contribution in [0.4, 0.5) is 13.2 Å². The smallest absolute Gasteiger partial charge is 0.347 e. The molecular weight excluding hydrogens is 323 g/mol. The van der Waals surface area contributed by atoms with Crippen LogP contribution in [0.15, 0.2) is 5.16 Å². The summed E-state index contributed by atoms with van der Waals surface area (Å²) in [7, 11) is 5.75. The number of nitrogens with zero attached hydrogens (tertiary/aromatic N) is 5. The van der Waals surface area contributed by atoms with Crippen LogP contribution in [0.5, 0.6) is 0 Å². The van der Waals surface area contributed by atoms with Gasteiger partial charge in [-0.1, -0.05) is 11.8 Å². The molecule has 0 aliphatic heterocycles. The maximum absolute atomic E-state index is 12.6. The van der Waals surface area contributed by atoms with Crippen molar-refractivity contribution in [3.63, 3.8) is 0 Å². The van der Waals surface area contributed by atoms with E-state index in [4.69, 9.17) is 0 Å². The second-order valence-electron chi connectivity index (χ2n) is 4.69. The van der Waals surface area contributed by atoms with Gasteiger partial charge in [0.25, 0.3) is 0 Å². The van der Waals surface area contributed by atoms with Gasteiger partial charge in [-0.25, -0.2) is 0 Å². The minimum absolute atomic E-state index is 0.0204. The first-order chi connectivity index (χ1) is 10.0. The van der Waals surface area contributed by atoms with E-state index >= 15 is 0 Å². The Morgan fingerprint density at radius 3 is 2.23 bits per heavy atom. The predicted octanol–water partition coefficient (Wildman–Crippen LogP) is 0.473. The van der Waals surface area contributed by atoms with E-state index in [1.165, 1.54) is 23.9 Å². The lowest BCUT2D eigenvalue weighted by Crippen LogP contribution is -2.38. The fraction of sp³-hybridized carbons (Fsp3) is 0.636. The number of aromatic nitrogens is 3. The van der Waals surface area contributed by atoms with E-state index in [0.717, 1.165) is 16.3 Å². The topological polar surface area (TPSA) is 71.3 Å². The second kappa shape index (κ2) is 6.99. The highest BCUT2D eigenvalue weighted by molar-refractivity contribution is 7.99. The summed E-state index contributed by atoms with van der Waals surface area (Å²) in [4.78, 5) is 25.9. The third-order valence-electron chi connectivity index (χ3n) is 2.71. The summed E-state index contributed by atoms with van der Waals surface area (Å²) in [6, 6.07) is 0. The van der Waals surface area contributed by atoms with E-state index in [1.807, 2.05) is 0 Å². The molecule has 0 aromatic carbocycles. The van der Waals surface area contributed by atoms with E-state index in [2.05, 4.69) is 10.2 Å². The van der Waals surface area contributed by atoms with Gasteiger partial charge in [-0.05, 0) is 0 Å². The summed E-state index contributed by atoms with van der Waals surface area (Å²) in [6.45, 7) is -0.0982. The molecular formula is C11H16F3N5O2S. The number of halogens is 3. The van der Waals surface area contributed by atoms with Crippen LogP contribution < -0.4 is 0 Å². The second-order valence-corrected chi connectivity index (χ2v) is 5.63. The van der Waals surface area contributed by atoms with Gasteiger partial charge in [-0.3, -0.25) is 9.59 Å². The molecule has 0 N–H and O–H groups in total. The molecule has 11 heteroatoms. The van der Waals surface area contributed by atoms with Crippen LogP contribution in [0.2, 0.25) is 0 Å². The van der Waals surface area contributed by atoms with Gasteiger partial charge in [0.05, 0.1) is 12.3 Å². The Morgan fingerprint density at radius 1 is 1.18 bits per heavy atom. The third-order valence-corrected chi connectivity index (χ3v) is 3.72. The molecule has 0 saturated heterocycles. The van der Waals surface area contributed by atoms with Gasteiger partial charge in [-0.15, -0.1) is 10.2 Å². The minimum Gasteiger partial charge on any atom is -0.347 e. The van der Waals surface area contributed by atoms with Gasteiger partial charge in [0.15, 0.2) is 5.16 Å². The van der Waals surface area contributed by atoms with Gasteiger partial charge in [0, 0.05) is 28.2 Å². The van der Waals surface area contributed by atoms with E-state index in [1.54, 1.807) is 14.1 Å². The van der Waals surface area contributed by atoms with Crippen molar-refractivity contribution in [1.29, 1.82) is 0 Å². The first-order valence-electron chi connectivity index (χ1n) is 6.07. The molecule has 0 fully saturated rings. The van der Waals surface area contributed by atoms with Crippen LogP contribution in [-0.2, 0) is 22.8 Å². The number of alkyl halides is 3. The Balaban J connectivity index is 2.62. The third kappa shape index (κ3) is 4.61. The van der Waals surface area contributed by atoms with E-state index < -0.39 is 17.9 Å². The van der Waals surface area contributed by atoms with Crippen molar-refractivity contribution in [2.24, 2.45) is 7.05 Å². The number of carbonyl (C=O) groups is 2. The largest absolute Gasteiger partial charge is 0.451 e. The van der Waals surface area contributed by atoms with Gasteiger partial charge in [0.2, 0.25) is 17.6 Å². The summed E-state index contributed by atoms with van der Waals surface area (Å²) in [5.74, 6) is -1.91. The highest BCUT2D eigenvalue weighted by Gasteiger charge is 2.37. The summed E-state index contributed by atoms with van der Waals surface area (Å²) >= 11 is 0.829. The van der Waals surface area contributed by atoms with Gasteiger partial charge >= 0.3 is 6.18 Å². The Hall–Kier alpha value is -1.78. The first-order valence-corrected chi connectivity index (χ1v) is 7.06. The molecule has 1 rings (SSSR count). The average molecular weight is 339 g/mol. The van der Waals surface area contributed by atoms with Crippen molar-refractivity contribution in [3.05, 3.63) is 5.82 Å². The molecule has 0 aliphatic carbocycles. The van der Waals surface area contributed by atoms with Crippen molar-refractivity contribution in [2.75, 3.05) is 33.4 Å². The average Bonchev–Trinajstić information content (AvgIpc) is 2.76. The van der Waals surface area contributed by atoms with E-state index in [0.29, 0.717) is 0 Å². The molecule has 0 bridgehead atoms. The Labute approximate surface area is 129 Å². The maximum atomic E-state index is 12.6. The Kier molecular flexibility index (Phi) is 5.80. The molecule has 0 saturated carbocycles. The molecule has 0 radical (unpaired) electrons. The quantitative estimate of drug-likeness (QED) is 0.730. The lowest BCUT2D eigenvalue weighted by Gasteiger charge is -2.18. The number of amides is 2. The molecule has 22 heavy (non-hydrogen) atoms. The van der Waals surface area contributed by atoms with Crippen LogP contribution in [-0.4, -0.2) is 69.8 Å². The van der Waals surface area contributed by atoms with Crippen molar-refractivity contribution in [2.45, 2.75) is 11.3 Å². The highest BCUT2D eigenvalue weighted by atomic mass is 32.2. The number of carbonyl (C=O) groups excluding carboxylic acids is 2. The molecule has 0 unspecified atom stereocenters. The predicted molar refractivity (Wildman–Crippen MR) is 73.1 cm³/mol. The normalized spacial score (nSPS) is 11.4. The minimum atomic E-state index is -4.60. The zero-order valence-corrected chi connectivity index (χ0v) is 13.3. The summed E-state index contributed by atoms with van der Waals surface area (Å²) in [5.41, 5.74) is 0. The molecule has 124 valence electrons. The summed E-state index contributed by atoms with van der Waals surface area (Å²) < 4.78 is 38.5. The van der Waals surface area contributed by atoms with Gasteiger partial charge < -0.3 is 14.4 Å². The molecule has 1 aromatic rings. The SMILES string of the molecule is CN(C)C(=O)CN(C)C(=O)CSc1nnc(C(F)(F)F)n1C. The monoisotopic (exact) mass is 339 g/mol. The summed E-state index contributed by atoms with van der Waals surface area (Å²) in [6.07, 6.45) is -4.60. The van der Waals surface area contributed by atoms with Crippen molar-refractivity contribution in [1.82, 2.24) is 24.6 Å². The van der Waals surface area contributed by atoms with Crippen LogP contribution >= 0.6 is 11.8 Å². The fourth-order valence-corrected chi connectivity index (χ4v) is 2.21. The highest BCUT2D eigenvalue weighted by Crippen LogP contribution is 2.29. The van der Waals surface area contributed by atoms with Crippen LogP contribution in [0, 0.1) is 0 Å². The Bertz CT molecular complexity index is 558. The van der Waals surface area contributed by atoms with E-state index in [-0.39, 0.29) is 23.4 Å². The van der Waals surface area contributed by atoms with Crippen molar-refractivity contribution >= 4 is 23.6 Å². The van der Waals surface area contributed by atoms with Crippen LogP contribution in [0.3, 0.4) is 0 Å². The maximum Gasteiger partial charge on any atom is 0.451 e.